The third kappa shape index (κ3) is 3.22. The van der Waals surface area contributed by atoms with Gasteiger partial charge in [-0.05, 0) is 30.7 Å². The summed E-state index contributed by atoms with van der Waals surface area (Å²) in [7, 11) is 1.99. The van der Waals surface area contributed by atoms with Gasteiger partial charge in [-0.3, -0.25) is 0 Å². The Kier molecular flexibility index (Phi) is 4.83. The Morgan fingerprint density at radius 3 is 2.75 bits per heavy atom. The van der Waals surface area contributed by atoms with Crippen LogP contribution in [0.1, 0.15) is 31.3 Å². The molecule has 3 nitrogen and oxygen atoms in total. The molecule has 0 unspecified atom stereocenters. The van der Waals surface area contributed by atoms with Crippen molar-refractivity contribution in [2.45, 2.75) is 36.1 Å². The van der Waals surface area contributed by atoms with E-state index >= 15 is 0 Å². The lowest BCUT2D eigenvalue weighted by Crippen LogP contribution is -2.08. The van der Waals surface area contributed by atoms with Crippen molar-refractivity contribution in [3.63, 3.8) is 0 Å². The highest BCUT2D eigenvalue weighted by Crippen LogP contribution is 2.34. The molecule has 0 saturated heterocycles. The maximum absolute atomic E-state index is 13.3. The molecule has 20 heavy (non-hydrogen) atoms. The summed E-state index contributed by atoms with van der Waals surface area (Å²) in [5.74, 6) is 1.09. The minimum Gasteiger partial charge on any atom is -0.330 e. The molecule has 5 heteroatoms. The van der Waals surface area contributed by atoms with E-state index in [-0.39, 0.29) is 5.82 Å². The fourth-order valence-electron chi connectivity index (χ4n) is 2.04. The topological polar surface area (TPSA) is 43.8 Å². The molecule has 1 aromatic carbocycles. The first-order chi connectivity index (χ1) is 9.52. The zero-order valence-electron chi connectivity index (χ0n) is 12.1. The van der Waals surface area contributed by atoms with Gasteiger partial charge in [0.2, 0.25) is 0 Å². The van der Waals surface area contributed by atoms with Crippen LogP contribution in [0.2, 0.25) is 0 Å². The van der Waals surface area contributed by atoms with Crippen molar-refractivity contribution >= 4 is 11.8 Å². The van der Waals surface area contributed by atoms with Gasteiger partial charge in [-0.1, -0.05) is 31.7 Å². The molecule has 1 heterocycles. The lowest BCUT2D eigenvalue weighted by molar-refractivity contribution is 0.624. The fourth-order valence-corrected chi connectivity index (χ4v) is 3.21. The summed E-state index contributed by atoms with van der Waals surface area (Å²) in [4.78, 5) is 5.57. The van der Waals surface area contributed by atoms with Crippen LogP contribution in [0, 0.1) is 5.82 Å². The van der Waals surface area contributed by atoms with Gasteiger partial charge >= 0.3 is 0 Å². The molecule has 2 rings (SSSR count). The van der Waals surface area contributed by atoms with Crippen molar-refractivity contribution < 1.29 is 4.39 Å². The molecule has 0 aliphatic rings. The third-order valence-electron chi connectivity index (χ3n) is 3.09. The van der Waals surface area contributed by atoms with Crippen LogP contribution >= 0.6 is 11.8 Å². The molecule has 1 aromatic heterocycles. The largest absolute Gasteiger partial charge is 0.330 e. The number of imidazole rings is 1. The highest BCUT2D eigenvalue weighted by molar-refractivity contribution is 7.99. The SMILES string of the molecule is CC(C)c1nc(CCN)n(C)c1Sc1cccc(F)c1. The summed E-state index contributed by atoms with van der Waals surface area (Å²) in [5, 5.41) is 1.06. The van der Waals surface area contributed by atoms with Gasteiger partial charge in [0.1, 0.15) is 16.7 Å². The van der Waals surface area contributed by atoms with Crippen LogP contribution in [-0.4, -0.2) is 16.1 Å². The number of aromatic nitrogens is 2. The summed E-state index contributed by atoms with van der Waals surface area (Å²) in [6.07, 6.45) is 0.750. The minimum atomic E-state index is -0.217. The summed E-state index contributed by atoms with van der Waals surface area (Å²) in [5.41, 5.74) is 6.67. The number of nitrogens with two attached hydrogens (primary N) is 1. The Hall–Kier alpha value is -1.33. The molecular weight excluding hydrogens is 273 g/mol. The Labute approximate surface area is 123 Å². The van der Waals surface area contributed by atoms with E-state index in [2.05, 4.69) is 23.4 Å². The second-order valence-corrected chi connectivity index (χ2v) is 6.09. The molecule has 0 atom stereocenters. The molecule has 0 aliphatic heterocycles. The van der Waals surface area contributed by atoms with Crippen molar-refractivity contribution in [3.05, 3.63) is 41.6 Å². The molecule has 0 spiro atoms. The Bertz CT molecular complexity index is 593. The van der Waals surface area contributed by atoms with Gasteiger partial charge in [0.05, 0.1) is 5.69 Å². The molecule has 2 aromatic rings. The molecule has 2 N–H and O–H groups in total. The van der Waals surface area contributed by atoms with Crippen molar-refractivity contribution in [3.8, 4) is 0 Å². The van der Waals surface area contributed by atoms with E-state index < -0.39 is 0 Å². The van der Waals surface area contributed by atoms with Crippen LogP contribution in [0.3, 0.4) is 0 Å². The third-order valence-corrected chi connectivity index (χ3v) is 4.25. The molecule has 0 amide bonds. The predicted molar refractivity (Wildman–Crippen MR) is 80.6 cm³/mol. The van der Waals surface area contributed by atoms with Crippen LogP contribution < -0.4 is 5.73 Å². The molecule has 0 aliphatic carbocycles. The van der Waals surface area contributed by atoms with E-state index in [4.69, 9.17) is 5.73 Å². The van der Waals surface area contributed by atoms with Gasteiger partial charge in [-0.25, -0.2) is 9.37 Å². The van der Waals surface area contributed by atoms with Gasteiger partial charge in [0.15, 0.2) is 0 Å². The lowest BCUT2D eigenvalue weighted by Gasteiger charge is -2.08. The molecular formula is C15H20FN3S. The Balaban J connectivity index is 2.39. The van der Waals surface area contributed by atoms with Crippen LogP contribution in [0.5, 0.6) is 0 Å². The van der Waals surface area contributed by atoms with Gasteiger partial charge in [0, 0.05) is 18.4 Å². The summed E-state index contributed by atoms with van der Waals surface area (Å²) in [6, 6.07) is 6.64. The van der Waals surface area contributed by atoms with Gasteiger partial charge in [-0.15, -0.1) is 0 Å². The average molecular weight is 293 g/mol. The second kappa shape index (κ2) is 6.41. The highest BCUT2D eigenvalue weighted by atomic mass is 32.2. The number of hydrogen-bond donors (Lipinski definition) is 1. The summed E-state index contributed by atoms with van der Waals surface area (Å²) < 4.78 is 15.4. The smallest absolute Gasteiger partial charge is 0.124 e. The van der Waals surface area contributed by atoms with Crippen molar-refractivity contribution in [1.29, 1.82) is 0 Å². The van der Waals surface area contributed by atoms with Crippen LogP contribution in [0.4, 0.5) is 4.39 Å². The summed E-state index contributed by atoms with van der Waals surface area (Å²) in [6.45, 7) is 4.81. The molecule has 0 saturated carbocycles. The average Bonchev–Trinajstić information content (AvgIpc) is 2.69. The van der Waals surface area contributed by atoms with Gasteiger partial charge in [0.25, 0.3) is 0 Å². The molecule has 108 valence electrons. The van der Waals surface area contributed by atoms with Crippen molar-refractivity contribution in [2.75, 3.05) is 6.54 Å². The van der Waals surface area contributed by atoms with E-state index in [0.29, 0.717) is 12.5 Å². The van der Waals surface area contributed by atoms with E-state index in [0.717, 1.165) is 27.9 Å². The number of rotatable bonds is 5. The standard InChI is InChI=1S/C15H20FN3S/c1-10(2)14-15(19(3)13(18-14)7-8-17)20-12-6-4-5-11(16)9-12/h4-6,9-10H,7-8,17H2,1-3H3. The lowest BCUT2D eigenvalue weighted by atomic mass is 10.1. The van der Waals surface area contributed by atoms with Crippen molar-refractivity contribution in [2.24, 2.45) is 12.8 Å². The first kappa shape index (κ1) is 15.1. The second-order valence-electron chi connectivity index (χ2n) is 5.03. The molecule has 0 radical (unpaired) electrons. The fraction of sp³-hybridized carbons (Fsp3) is 0.400. The van der Waals surface area contributed by atoms with E-state index in [9.17, 15) is 4.39 Å². The predicted octanol–water partition coefficient (Wildman–Crippen LogP) is 3.34. The number of benzene rings is 1. The Morgan fingerprint density at radius 2 is 2.15 bits per heavy atom. The van der Waals surface area contributed by atoms with Crippen LogP contribution in [0.15, 0.2) is 34.2 Å². The summed E-state index contributed by atoms with van der Waals surface area (Å²) >= 11 is 1.55. The van der Waals surface area contributed by atoms with Crippen molar-refractivity contribution in [1.82, 2.24) is 9.55 Å². The molecule has 0 bridgehead atoms. The maximum Gasteiger partial charge on any atom is 0.124 e. The Morgan fingerprint density at radius 1 is 1.40 bits per heavy atom. The minimum absolute atomic E-state index is 0.217. The molecule has 0 fully saturated rings. The van der Waals surface area contributed by atoms with Crippen LogP contribution in [-0.2, 0) is 13.5 Å². The van der Waals surface area contributed by atoms with E-state index in [1.807, 2.05) is 13.1 Å². The van der Waals surface area contributed by atoms with Crippen LogP contribution in [0.25, 0.3) is 0 Å². The first-order valence-corrected chi connectivity index (χ1v) is 7.53. The zero-order valence-corrected chi connectivity index (χ0v) is 12.9. The highest BCUT2D eigenvalue weighted by Gasteiger charge is 2.18. The van der Waals surface area contributed by atoms with Gasteiger partial charge in [-0.2, -0.15) is 0 Å². The van der Waals surface area contributed by atoms with Gasteiger partial charge < -0.3 is 10.3 Å². The number of hydrogen-bond acceptors (Lipinski definition) is 3. The number of nitrogens with zero attached hydrogens (tertiary/aromatic N) is 2. The zero-order chi connectivity index (χ0) is 14.7. The van der Waals surface area contributed by atoms with E-state index in [1.54, 1.807) is 23.9 Å². The normalized spacial score (nSPS) is 11.3. The van der Waals surface area contributed by atoms with E-state index in [1.165, 1.54) is 6.07 Å². The monoisotopic (exact) mass is 293 g/mol. The number of halogens is 1. The quantitative estimate of drug-likeness (QED) is 0.919. The first-order valence-electron chi connectivity index (χ1n) is 6.72. The maximum atomic E-state index is 13.3.